The largest absolute Gasteiger partial charge is 0.497 e. The van der Waals surface area contributed by atoms with Crippen LogP contribution >= 0.6 is 0 Å². The summed E-state index contributed by atoms with van der Waals surface area (Å²) in [7, 11) is 3.23. The van der Waals surface area contributed by atoms with Gasteiger partial charge in [0.1, 0.15) is 24.2 Å². The van der Waals surface area contributed by atoms with E-state index in [0.717, 1.165) is 28.2 Å². The molecule has 0 saturated carbocycles. The van der Waals surface area contributed by atoms with Gasteiger partial charge in [0, 0.05) is 19.0 Å². The van der Waals surface area contributed by atoms with E-state index in [4.69, 9.17) is 9.47 Å². The summed E-state index contributed by atoms with van der Waals surface area (Å²) in [5.74, 6) is 1.45. The average Bonchev–Trinajstić information content (AvgIpc) is 3.24. The van der Waals surface area contributed by atoms with Crippen LogP contribution in [0.5, 0.6) is 11.5 Å². The van der Waals surface area contributed by atoms with Crippen LogP contribution in [0.1, 0.15) is 23.1 Å². The predicted octanol–water partition coefficient (Wildman–Crippen LogP) is 2.59. The van der Waals surface area contributed by atoms with Gasteiger partial charge in [0.25, 0.3) is 0 Å². The molecule has 0 aliphatic heterocycles. The van der Waals surface area contributed by atoms with Gasteiger partial charge < -0.3 is 14.8 Å². The Bertz CT molecular complexity index is 870. The zero-order valence-electron chi connectivity index (χ0n) is 16.1. The van der Waals surface area contributed by atoms with Gasteiger partial charge in [-0.3, -0.25) is 4.79 Å². The molecule has 146 valence electrons. The van der Waals surface area contributed by atoms with Crippen molar-refractivity contribution in [1.82, 2.24) is 20.1 Å². The van der Waals surface area contributed by atoms with Crippen LogP contribution < -0.4 is 14.8 Å². The Kier molecular flexibility index (Phi) is 6.62. The van der Waals surface area contributed by atoms with Crippen LogP contribution in [0.4, 0.5) is 0 Å². The minimum Gasteiger partial charge on any atom is -0.497 e. The summed E-state index contributed by atoms with van der Waals surface area (Å²) in [5, 5.41) is 7.06. The smallest absolute Gasteiger partial charge is 0.220 e. The Balaban J connectivity index is 1.46. The lowest BCUT2D eigenvalue weighted by molar-refractivity contribution is -0.121. The van der Waals surface area contributed by atoms with Gasteiger partial charge >= 0.3 is 0 Å². The number of carbonyl (C=O) groups excluding carboxylic acids is 1. The molecule has 1 N–H and O–H groups in total. The Labute approximate surface area is 164 Å². The van der Waals surface area contributed by atoms with Gasteiger partial charge in [-0.25, -0.2) is 9.67 Å². The number of amides is 1. The van der Waals surface area contributed by atoms with Crippen LogP contribution in [0.3, 0.4) is 0 Å². The molecule has 0 unspecified atom stereocenters. The zero-order chi connectivity index (χ0) is 19.8. The number of nitrogens with one attached hydrogen (secondary N) is 1. The van der Waals surface area contributed by atoms with Gasteiger partial charge in [-0.2, -0.15) is 5.10 Å². The summed E-state index contributed by atoms with van der Waals surface area (Å²) < 4.78 is 12.3. The Morgan fingerprint density at radius 1 is 1.00 bits per heavy atom. The van der Waals surface area contributed by atoms with Gasteiger partial charge in [0.2, 0.25) is 5.91 Å². The lowest BCUT2D eigenvalue weighted by Gasteiger charge is -2.09. The average molecular weight is 380 g/mol. The van der Waals surface area contributed by atoms with E-state index in [-0.39, 0.29) is 5.91 Å². The standard InChI is InChI=1S/C21H24N4O3/c1-27-19-9-18(10-20(11-19)28-2)7-8-21(26)23-12-16-3-5-17(6-4-16)13-25-15-22-14-24-25/h3-6,9-11,14-15H,7-8,12-13H2,1-2H3,(H,23,26). The van der Waals surface area contributed by atoms with Crippen molar-refractivity contribution < 1.29 is 14.3 Å². The first kappa shape index (κ1) is 19.4. The van der Waals surface area contributed by atoms with Crippen LogP contribution in [0.15, 0.2) is 55.1 Å². The molecule has 1 heterocycles. The van der Waals surface area contributed by atoms with Gasteiger partial charge in [0.05, 0.1) is 20.8 Å². The zero-order valence-corrected chi connectivity index (χ0v) is 16.1. The maximum Gasteiger partial charge on any atom is 0.220 e. The normalized spacial score (nSPS) is 10.5. The molecule has 0 aliphatic rings. The molecular formula is C21H24N4O3. The van der Waals surface area contributed by atoms with Crippen molar-refractivity contribution in [1.29, 1.82) is 0 Å². The van der Waals surface area contributed by atoms with Crippen molar-refractivity contribution >= 4 is 5.91 Å². The van der Waals surface area contributed by atoms with Crippen LogP contribution in [-0.2, 0) is 24.3 Å². The molecule has 1 amide bonds. The summed E-state index contributed by atoms with van der Waals surface area (Å²) >= 11 is 0. The second-order valence-corrected chi connectivity index (χ2v) is 6.41. The molecular weight excluding hydrogens is 356 g/mol. The number of rotatable bonds is 9. The molecule has 3 aromatic rings. The van der Waals surface area contributed by atoms with E-state index in [1.54, 1.807) is 25.2 Å². The second kappa shape index (κ2) is 9.55. The van der Waals surface area contributed by atoms with E-state index in [9.17, 15) is 4.79 Å². The predicted molar refractivity (Wildman–Crippen MR) is 105 cm³/mol. The molecule has 0 radical (unpaired) electrons. The van der Waals surface area contributed by atoms with Crippen molar-refractivity contribution in [3.05, 3.63) is 71.8 Å². The Morgan fingerprint density at radius 3 is 2.29 bits per heavy atom. The van der Waals surface area contributed by atoms with E-state index < -0.39 is 0 Å². The number of ether oxygens (including phenoxy) is 2. The summed E-state index contributed by atoms with van der Waals surface area (Å²) in [6, 6.07) is 13.7. The van der Waals surface area contributed by atoms with Crippen molar-refractivity contribution in [3.8, 4) is 11.5 Å². The number of benzene rings is 2. The molecule has 0 spiro atoms. The summed E-state index contributed by atoms with van der Waals surface area (Å²) in [5.41, 5.74) is 3.19. The van der Waals surface area contributed by atoms with Gasteiger partial charge in [-0.15, -0.1) is 0 Å². The Hall–Kier alpha value is -3.35. The van der Waals surface area contributed by atoms with Crippen molar-refractivity contribution in [2.75, 3.05) is 14.2 Å². The molecule has 0 aliphatic carbocycles. The maximum absolute atomic E-state index is 12.2. The minimum absolute atomic E-state index is 0.00785. The fourth-order valence-corrected chi connectivity index (χ4v) is 2.82. The molecule has 7 nitrogen and oxygen atoms in total. The molecule has 2 aromatic carbocycles. The topological polar surface area (TPSA) is 78.3 Å². The van der Waals surface area contributed by atoms with Crippen molar-refractivity contribution in [3.63, 3.8) is 0 Å². The summed E-state index contributed by atoms with van der Waals surface area (Å²) in [4.78, 5) is 16.1. The fraction of sp³-hybridized carbons (Fsp3) is 0.286. The third-order valence-electron chi connectivity index (χ3n) is 4.38. The molecule has 0 bridgehead atoms. The van der Waals surface area contributed by atoms with Gasteiger partial charge in [0.15, 0.2) is 0 Å². The fourth-order valence-electron chi connectivity index (χ4n) is 2.82. The van der Waals surface area contributed by atoms with Gasteiger partial charge in [-0.05, 0) is 35.2 Å². The summed E-state index contributed by atoms with van der Waals surface area (Å²) in [6.45, 7) is 1.18. The van der Waals surface area contributed by atoms with E-state index in [0.29, 0.717) is 25.9 Å². The molecule has 0 fully saturated rings. The first-order valence-corrected chi connectivity index (χ1v) is 9.05. The third kappa shape index (κ3) is 5.57. The number of hydrogen-bond donors (Lipinski definition) is 1. The number of methoxy groups -OCH3 is 2. The lowest BCUT2D eigenvalue weighted by Crippen LogP contribution is -2.23. The highest BCUT2D eigenvalue weighted by molar-refractivity contribution is 5.76. The molecule has 28 heavy (non-hydrogen) atoms. The van der Waals surface area contributed by atoms with Crippen LogP contribution in [0, 0.1) is 0 Å². The number of nitrogens with zero attached hydrogens (tertiary/aromatic N) is 3. The second-order valence-electron chi connectivity index (χ2n) is 6.41. The van der Waals surface area contributed by atoms with E-state index in [1.807, 2.05) is 42.5 Å². The SMILES string of the molecule is COc1cc(CCC(=O)NCc2ccc(Cn3cncn3)cc2)cc(OC)c1. The molecule has 7 heteroatoms. The highest BCUT2D eigenvalue weighted by Gasteiger charge is 2.06. The van der Waals surface area contributed by atoms with Crippen LogP contribution in [0.25, 0.3) is 0 Å². The monoisotopic (exact) mass is 380 g/mol. The van der Waals surface area contributed by atoms with E-state index >= 15 is 0 Å². The first-order chi connectivity index (χ1) is 13.7. The number of hydrogen-bond acceptors (Lipinski definition) is 5. The van der Waals surface area contributed by atoms with Crippen LogP contribution in [0.2, 0.25) is 0 Å². The maximum atomic E-state index is 12.2. The number of aromatic nitrogens is 3. The molecule has 3 rings (SSSR count). The third-order valence-corrected chi connectivity index (χ3v) is 4.38. The van der Waals surface area contributed by atoms with E-state index in [1.165, 1.54) is 6.33 Å². The summed E-state index contributed by atoms with van der Waals surface area (Å²) in [6.07, 6.45) is 4.23. The first-order valence-electron chi connectivity index (χ1n) is 9.05. The lowest BCUT2D eigenvalue weighted by atomic mass is 10.1. The van der Waals surface area contributed by atoms with Crippen molar-refractivity contribution in [2.24, 2.45) is 0 Å². The quantitative estimate of drug-likeness (QED) is 0.617. The molecule has 0 saturated heterocycles. The van der Waals surface area contributed by atoms with Crippen molar-refractivity contribution in [2.45, 2.75) is 25.9 Å². The molecule has 1 aromatic heterocycles. The van der Waals surface area contributed by atoms with E-state index in [2.05, 4.69) is 15.4 Å². The highest BCUT2D eigenvalue weighted by atomic mass is 16.5. The minimum atomic E-state index is 0.00785. The van der Waals surface area contributed by atoms with Gasteiger partial charge in [-0.1, -0.05) is 24.3 Å². The number of aryl methyl sites for hydroxylation is 1. The Morgan fingerprint density at radius 2 is 1.68 bits per heavy atom. The number of carbonyl (C=O) groups is 1. The highest BCUT2D eigenvalue weighted by Crippen LogP contribution is 2.23. The van der Waals surface area contributed by atoms with Crippen LogP contribution in [-0.4, -0.2) is 34.9 Å². The molecule has 0 atom stereocenters.